The van der Waals surface area contributed by atoms with Crippen molar-refractivity contribution in [3.63, 3.8) is 0 Å². The van der Waals surface area contributed by atoms with Crippen LogP contribution in [0.5, 0.6) is 5.75 Å². The van der Waals surface area contributed by atoms with E-state index in [4.69, 9.17) is 21.1 Å². The van der Waals surface area contributed by atoms with Gasteiger partial charge in [-0.3, -0.25) is 9.59 Å². The molecule has 0 unspecified atom stereocenters. The molecule has 1 amide bonds. The molecule has 1 N–H and O–H groups in total. The van der Waals surface area contributed by atoms with Crippen molar-refractivity contribution in [2.75, 3.05) is 11.9 Å². The fourth-order valence-corrected chi connectivity index (χ4v) is 3.18. The van der Waals surface area contributed by atoms with Crippen molar-refractivity contribution in [3.8, 4) is 5.75 Å². The van der Waals surface area contributed by atoms with Crippen molar-refractivity contribution in [2.24, 2.45) is 0 Å². The van der Waals surface area contributed by atoms with Gasteiger partial charge in [0.25, 0.3) is 5.91 Å². The van der Waals surface area contributed by atoms with Crippen LogP contribution < -0.4 is 10.1 Å². The number of ether oxygens (including phenoxy) is 2. The second-order valence-electron chi connectivity index (χ2n) is 6.23. The minimum absolute atomic E-state index is 0.00471. The zero-order valence-corrected chi connectivity index (χ0v) is 17.3. The van der Waals surface area contributed by atoms with Crippen molar-refractivity contribution >= 4 is 40.5 Å². The standard InChI is InChI=1S/C21H19ClN2O4S/c1-14-2-6-16(7-3-14)23-19(25)11-28-21(26)10-17-13-29-20(24-17)12-27-18-8-4-15(22)5-9-18/h2-9,13H,10-12H2,1H3,(H,23,25). The molecule has 3 rings (SSSR count). The predicted molar refractivity (Wildman–Crippen MR) is 112 cm³/mol. The van der Waals surface area contributed by atoms with E-state index in [2.05, 4.69) is 10.3 Å². The van der Waals surface area contributed by atoms with Crippen molar-refractivity contribution in [1.82, 2.24) is 4.98 Å². The lowest BCUT2D eigenvalue weighted by Crippen LogP contribution is -2.21. The van der Waals surface area contributed by atoms with Crippen LogP contribution in [0, 0.1) is 6.92 Å². The van der Waals surface area contributed by atoms with E-state index in [0.29, 0.717) is 28.8 Å². The smallest absolute Gasteiger partial charge is 0.312 e. The third-order valence-electron chi connectivity index (χ3n) is 3.80. The first-order valence-electron chi connectivity index (χ1n) is 8.82. The number of halogens is 1. The quantitative estimate of drug-likeness (QED) is 0.535. The minimum atomic E-state index is -0.514. The average molecular weight is 431 g/mol. The van der Waals surface area contributed by atoms with E-state index in [0.717, 1.165) is 10.6 Å². The Kier molecular flexibility index (Phi) is 7.21. The van der Waals surface area contributed by atoms with Crippen LogP contribution in [0.2, 0.25) is 5.02 Å². The Morgan fingerprint density at radius 3 is 2.55 bits per heavy atom. The van der Waals surface area contributed by atoms with Crippen LogP contribution in [0.3, 0.4) is 0 Å². The Bertz CT molecular complexity index is 971. The van der Waals surface area contributed by atoms with Gasteiger partial charge in [0, 0.05) is 16.1 Å². The van der Waals surface area contributed by atoms with Crippen LogP contribution >= 0.6 is 22.9 Å². The number of hydrogen-bond donors (Lipinski definition) is 1. The third-order valence-corrected chi connectivity index (χ3v) is 4.92. The van der Waals surface area contributed by atoms with Gasteiger partial charge in [0.1, 0.15) is 17.4 Å². The van der Waals surface area contributed by atoms with Gasteiger partial charge in [0.2, 0.25) is 0 Å². The highest BCUT2D eigenvalue weighted by Gasteiger charge is 2.12. The highest BCUT2D eigenvalue weighted by Crippen LogP contribution is 2.18. The molecule has 0 fully saturated rings. The topological polar surface area (TPSA) is 77.5 Å². The molecule has 6 nitrogen and oxygen atoms in total. The van der Waals surface area contributed by atoms with E-state index >= 15 is 0 Å². The number of benzene rings is 2. The van der Waals surface area contributed by atoms with Gasteiger partial charge in [-0.15, -0.1) is 11.3 Å². The fourth-order valence-electron chi connectivity index (χ4n) is 2.35. The Labute approximate surface area is 177 Å². The molecular weight excluding hydrogens is 412 g/mol. The van der Waals surface area contributed by atoms with Gasteiger partial charge in [0.05, 0.1) is 12.1 Å². The van der Waals surface area contributed by atoms with Crippen molar-refractivity contribution in [1.29, 1.82) is 0 Å². The van der Waals surface area contributed by atoms with Crippen LogP contribution in [0.4, 0.5) is 5.69 Å². The van der Waals surface area contributed by atoms with E-state index in [9.17, 15) is 9.59 Å². The van der Waals surface area contributed by atoms with Crippen molar-refractivity contribution < 1.29 is 19.1 Å². The maximum atomic E-state index is 12.0. The summed E-state index contributed by atoms with van der Waals surface area (Å²) in [7, 11) is 0. The van der Waals surface area contributed by atoms with Gasteiger partial charge in [-0.05, 0) is 43.3 Å². The summed E-state index contributed by atoms with van der Waals surface area (Å²) in [6, 6.07) is 14.4. The molecule has 150 valence electrons. The fraction of sp³-hybridized carbons (Fsp3) is 0.190. The highest BCUT2D eigenvalue weighted by atomic mass is 35.5. The van der Waals surface area contributed by atoms with Gasteiger partial charge in [-0.1, -0.05) is 29.3 Å². The summed E-state index contributed by atoms with van der Waals surface area (Å²) in [5.41, 5.74) is 2.32. The number of aryl methyl sites for hydroxylation is 1. The largest absolute Gasteiger partial charge is 0.486 e. The van der Waals surface area contributed by atoms with Crippen LogP contribution in [-0.2, 0) is 27.4 Å². The molecule has 0 aliphatic rings. The normalized spacial score (nSPS) is 10.4. The first kappa shape index (κ1) is 20.8. The number of anilines is 1. The van der Waals surface area contributed by atoms with E-state index in [-0.39, 0.29) is 13.0 Å². The van der Waals surface area contributed by atoms with E-state index in [1.807, 2.05) is 19.1 Å². The Morgan fingerprint density at radius 1 is 1.10 bits per heavy atom. The van der Waals surface area contributed by atoms with Crippen molar-refractivity contribution in [2.45, 2.75) is 20.0 Å². The number of thiazole rings is 1. The molecule has 0 radical (unpaired) electrons. The minimum Gasteiger partial charge on any atom is -0.486 e. The first-order chi connectivity index (χ1) is 14.0. The summed E-state index contributed by atoms with van der Waals surface area (Å²) in [6.45, 7) is 1.91. The molecule has 0 atom stereocenters. The van der Waals surface area contributed by atoms with Gasteiger partial charge >= 0.3 is 5.97 Å². The maximum absolute atomic E-state index is 12.0. The van der Waals surface area contributed by atoms with Crippen LogP contribution in [0.15, 0.2) is 53.9 Å². The number of esters is 1. The molecular formula is C21H19ClN2O4S. The van der Waals surface area contributed by atoms with Gasteiger partial charge in [0.15, 0.2) is 6.61 Å². The third kappa shape index (κ3) is 6.89. The number of rotatable bonds is 8. The zero-order chi connectivity index (χ0) is 20.6. The molecule has 3 aromatic rings. The summed E-state index contributed by atoms with van der Waals surface area (Å²) < 4.78 is 10.7. The van der Waals surface area contributed by atoms with Crippen LogP contribution in [0.1, 0.15) is 16.3 Å². The monoisotopic (exact) mass is 430 g/mol. The summed E-state index contributed by atoms with van der Waals surface area (Å²) >= 11 is 7.23. The number of carbonyl (C=O) groups is 2. The van der Waals surface area contributed by atoms with E-state index in [1.165, 1.54) is 11.3 Å². The first-order valence-corrected chi connectivity index (χ1v) is 10.1. The molecule has 0 spiro atoms. The van der Waals surface area contributed by atoms with Crippen molar-refractivity contribution in [3.05, 3.63) is 75.2 Å². The molecule has 1 heterocycles. The van der Waals surface area contributed by atoms with E-state index in [1.54, 1.807) is 41.8 Å². The Balaban J connectivity index is 1.40. The molecule has 2 aromatic carbocycles. The Hall–Kier alpha value is -2.90. The number of hydrogen-bond acceptors (Lipinski definition) is 6. The second-order valence-corrected chi connectivity index (χ2v) is 7.61. The Morgan fingerprint density at radius 2 is 1.83 bits per heavy atom. The van der Waals surface area contributed by atoms with Gasteiger partial charge in [-0.25, -0.2) is 4.98 Å². The molecule has 0 saturated heterocycles. The summed E-state index contributed by atoms with van der Waals surface area (Å²) in [5, 5.41) is 5.82. The number of carbonyl (C=O) groups excluding carboxylic acids is 2. The summed E-state index contributed by atoms with van der Waals surface area (Å²) in [4.78, 5) is 28.2. The summed E-state index contributed by atoms with van der Waals surface area (Å²) in [6.07, 6.45) is -0.00471. The van der Waals surface area contributed by atoms with Crippen LogP contribution in [-0.4, -0.2) is 23.5 Å². The van der Waals surface area contributed by atoms with Crippen LogP contribution in [0.25, 0.3) is 0 Å². The second kappa shape index (κ2) is 10.0. The number of nitrogens with one attached hydrogen (secondary N) is 1. The molecule has 1 aromatic heterocycles. The molecule has 0 aliphatic carbocycles. The highest BCUT2D eigenvalue weighted by molar-refractivity contribution is 7.09. The van der Waals surface area contributed by atoms with Gasteiger partial charge < -0.3 is 14.8 Å². The maximum Gasteiger partial charge on any atom is 0.312 e. The predicted octanol–water partition coefficient (Wildman–Crippen LogP) is 4.41. The number of amides is 1. The molecule has 0 saturated carbocycles. The lowest BCUT2D eigenvalue weighted by atomic mass is 10.2. The lowest BCUT2D eigenvalue weighted by molar-refractivity contribution is -0.146. The SMILES string of the molecule is Cc1ccc(NC(=O)COC(=O)Cc2csc(COc3ccc(Cl)cc3)n2)cc1. The van der Waals surface area contributed by atoms with Gasteiger partial charge in [-0.2, -0.15) is 0 Å². The molecule has 0 bridgehead atoms. The zero-order valence-electron chi connectivity index (χ0n) is 15.7. The summed E-state index contributed by atoms with van der Waals surface area (Å²) in [5.74, 6) is -0.220. The lowest BCUT2D eigenvalue weighted by Gasteiger charge is -2.06. The average Bonchev–Trinajstić information content (AvgIpc) is 3.15. The molecule has 0 aliphatic heterocycles. The van der Waals surface area contributed by atoms with E-state index < -0.39 is 11.9 Å². The molecule has 8 heteroatoms. The molecule has 29 heavy (non-hydrogen) atoms. The number of nitrogens with zero attached hydrogens (tertiary/aromatic N) is 1. The number of aromatic nitrogens is 1.